The highest BCUT2D eigenvalue weighted by Crippen LogP contribution is 2.40. The highest BCUT2D eigenvalue weighted by Gasteiger charge is 2.28. The zero-order chi connectivity index (χ0) is 30.9. The van der Waals surface area contributed by atoms with Gasteiger partial charge in [-0.15, -0.1) is 0 Å². The smallest absolute Gasteiger partial charge is 0.200 e. The molecule has 0 aliphatic carbocycles. The van der Waals surface area contributed by atoms with Crippen LogP contribution in [0.4, 0.5) is 0 Å². The fraction of sp³-hybridized carbons (Fsp3) is 0.649. The molecule has 5 nitrogen and oxygen atoms in total. The number of hydrogen-bond donors (Lipinski definition) is 0. The number of ketones is 1. The quantitative estimate of drug-likeness (QED) is 0.129. The van der Waals surface area contributed by atoms with Crippen LogP contribution in [0.2, 0.25) is 0 Å². The lowest BCUT2D eigenvalue weighted by atomic mass is 9.99. The van der Waals surface area contributed by atoms with Crippen LogP contribution < -0.4 is 18.9 Å². The van der Waals surface area contributed by atoms with Gasteiger partial charge in [0.05, 0.1) is 35.5 Å². The topological polar surface area (TPSA) is 54.0 Å². The Bertz CT molecular complexity index is 967. The minimum atomic E-state index is -0.138. The van der Waals surface area contributed by atoms with Gasteiger partial charge in [-0.3, -0.25) is 4.79 Å². The van der Waals surface area contributed by atoms with Gasteiger partial charge in [0, 0.05) is 0 Å². The molecule has 0 radical (unpaired) electrons. The summed E-state index contributed by atoms with van der Waals surface area (Å²) in [4.78, 5) is 14.5. The maximum Gasteiger partial charge on any atom is 0.200 e. The standard InChI is InChI=1S/C37H58O5/c1-9-19-27(13-5)39-33-25-17-23-31(36(33)41-29(15-7)21-11-3)35(38)32-24-18-26-34(40-28(14-6)20-10-2)37(32)42-30(16-8)22-12-4/h17-18,23-30H,9-16,19-22H2,1-8H3. The van der Waals surface area contributed by atoms with Crippen molar-refractivity contribution in [1.82, 2.24) is 0 Å². The van der Waals surface area contributed by atoms with E-state index in [1.165, 1.54) is 0 Å². The molecule has 2 aromatic carbocycles. The van der Waals surface area contributed by atoms with Crippen LogP contribution in [0.5, 0.6) is 23.0 Å². The minimum Gasteiger partial charge on any atom is -0.487 e. The lowest BCUT2D eigenvalue weighted by Gasteiger charge is -2.26. The van der Waals surface area contributed by atoms with E-state index in [2.05, 4.69) is 55.4 Å². The number of ether oxygens (including phenoxy) is 4. The molecule has 0 amide bonds. The molecule has 4 atom stereocenters. The first-order chi connectivity index (χ1) is 20.4. The van der Waals surface area contributed by atoms with E-state index in [-0.39, 0.29) is 30.2 Å². The molecule has 0 saturated heterocycles. The van der Waals surface area contributed by atoms with Gasteiger partial charge < -0.3 is 18.9 Å². The number of para-hydroxylation sites is 2. The summed E-state index contributed by atoms with van der Waals surface area (Å²) in [5.41, 5.74) is 0.999. The van der Waals surface area contributed by atoms with E-state index in [0.29, 0.717) is 34.1 Å². The van der Waals surface area contributed by atoms with Crippen LogP contribution in [-0.2, 0) is 0 Å². The molecular formula is C37H58O5. The molecule has 0 aliphatic heterocycles. The molecule has 0 spiro atoms. The van der Waals surface area contributed by atoms with E-state index >= 15 is 0 Å². The van der Waals surface area contributed by atoms with Gasteiger partial charge in [-0.05, 0) is 75.6 Å². The van der Waals surface area contributed by atoms with Gasteiger partial charge in [0.25, 0.3) is 0 Å². The van der Waals surface area contributed by atoms with Crippen LogP contribution >= 0.6 is 0 Å². The second-order valence-corrected chi connectivity index (χ2v) is 11.3. The number of hydrogen-bond acceptors (Lipinski definition) is 5. The number of rotatable bonds is 22. The Kier molecular flexibility index (Phi) is 16.5. The van der Waals surface area contributed by atoms with Crippen molar-refractivity contribution in [1.29, 1.82) is 0 Å². The number of carbonyl (C=O) groups excluding carboxylic acids is 1. The van der Waals surface area contributed by atoms with Crippen molar-refractivity contribution in [3.8, 4) is 23.0 Å². The van der Waals surface area contributed by atoms with E-state index in [9.17, 15) is 4.79 Å². The second-order valence-electron chi connectivity index (χ2n) is 11.3. The van der Waals surface area contributed by atoms with Crippen molar-refractivity contribution in [3.05, 3.63) is 47.5 Å². The van der Waals surface area contributed by atoms with Gasteiger partial charge in [-0.1, -0.05) is 93.2 Å². The minimum absolute atomic E-state index is 0.00341. The summed E-state index contributed by atoms with van der Waals surface area (Å²) < 4.78 is 26.3. The fourth-order valence-electron chi connectivity index (χ4n) is 5.33. The molecule has 0 aliphatic rings. The molecular weight excluding hydrogens is 524 g/mol. The van der Waals surface area contributed by atoms with Crippen LogP contribution in [0.25, 0.3) is 0 Å². The maximum absolute atomic E-state index is 14.5. The summed E-state index contributed by atoms with van der Waals surface area (Å²) in [7, 11) is 0. The molecule has 0 fully saturated rings. The molecule has 236 valence electrons. The van der Waals surface area contributed by atoms with Gasteiger partial charge >= 0.3 is 0 Å². The highest BCUT2D eigenvalue weighted by molar-refractivity contribution is 6.13. The van der Waals surface area contributed by atoms with E-state index in [1.54, 1.807) is 0 Å². The van der Waals surface area contributed by atoms with Crippen LogP contribution in [0.15, 0.2) is 36.4 Å². The molecule has 0 aromatic heterocycles. The monoisotopic (exact) mass is 582 g/mol. The Hall–Kier alpha value is -2.69. The zero-order valence-electron chi connectivity index (χ0n) is 27.8. The Labute approximate surface area is 256 Å². The van der Waals surface area contributed by atoms with Gasteiger partial charge in [0.1, 0.15) is 0 Å². The normalized spacial score (nSPS) is 14.1. The third-order valence-corrected chi connectivity index (χ3v) is 7.87. The summed E-state index contributed by atoms with van der Waals surface area (Å²) in [5.74, 6) is 2.20. The lowest BCUT2D eigenvalue weighted by molar-refractivity contribution is 0.101. The second kappa shape index (κ2) is 19.5. The third-order valence-electron chi connectivity index (χ3n) is 7.87. The first kappa shape index (κ1) is 35.5. The summed E-state index contributed by atoms with van der Waals surface area (Å²) in [6.07, 6.45) is 11.4. The molecule has 42 heavy (non-hydrogen) atoms. The summed E-state index contributed by atoms with van der Waals surface area (Å²) >= 11 is 0. The van der Waals surface area contributed by atoms with Crippen molar-refractivity contribution in [2.75, 3.05) is 0 Å². The van der Waals surface area contributed by atoms with Gasteiger partial charge in [-0.2, -0.15) is 0 Å². The van der Waals surface area contributed by atoms with E-state index in [0.717, 1.165) is 77.0 Å². The number of carbonyl (C=O) groups is 1. The first-order valence-electron chi connectivity index (χ1n) is 16.9. The van der Waals surface area contributed by atoms with Gasteiger partial charge in [0.2, 0.25) is 5.78 Å². The van der Waals surface area contributed by atoms with Crippen LogP contribution in [0.1, 0.15) is 148 Å². The maximum atomic E-state index is 14.5. The van der Waals surface area contributed by atoms with E-state index in [4.69, 9.17) is 18.9 Å². The summed E-state index contributed by atoms with van der Waals surface area (Å²) in [6, 6.07) is 11.4. The fourth-order valence-corrected chi connectivity index (χ4v) is 5.33. The van der Waals surface area contributed by atoms with E-state index in [1.807, 2.05) is 36.4 Å². The predicted molar refractivity (Wildman–Crippen MR) is 175 cm³/mol. The molecule has 0 bridgehead atoms. The zero-order valence-corrected chi connectivity index (χ0v) is 27.8. The molecule has 0 saturated carbocycles. The van der Waals surface area contributed by atoms with Crippen molar-refractivity contribution < 1.29 is 23.7 Å². The SMILES string of the molecule is CCCC(CC)Oc1cccc(C(=O)c2cccc(OC(CC)CCC)c2OC(CC)CCC)c1OC(CC)CCC. The van der Waals surface area contributed by atoms with Gasteiger partial charge in [-0.25, -0.2) is 0 Å². The third kappa shape index (κ3) is 10.2. The molecule has 2 aromatic rings. The molecule has 4 unspecified atom stereocenters. The van der Waals surface area contributed by atoms with Crippen LogP contribution in [0, 0.1) is 0 Å². The summed E-state index contributed by atoms with van der Waals surface area (Å²) in [5, 5.41) is 0. The lowest BCUT2D eigenvalue weighted by Crippen LogP contribution is -2.22. The Morgan fingerprint density at radius 3 is 1.10 bits per heavy atom. The summed E-state index contributed by atoms with van der Waals surface area (Å²) in [6.45, 7) is 17.2. The number of benzene rings is 2. The Morgan fingerprint density at radius 2 is 0.810 bits per heavy atom. The molecule has 0 N–H and O–H groups in total. The Morgan fingerprint density at radius 1 is 0.500 bits per heavy atom. The van der Waals surface area contributed by atoms with Crippen LogP contribution in [-0.4, -0.2) is 30.2 Å². The highest BCUT2D eigenvalue weighted by atomic mass is 16.5. The van der Waals surface area contributed by atoms with Crippen molar-refractivity contribution in [2.24, 2.45) is 0 Å². The average Bonchev–Trinajstić information content (AvgIpc) is 3.00. The van der Waals surface area contributed by atoms with Crippen molar-refractivity contribution >= 4 is 5.78 Å². The molecule has 0 heterocycles. The first-order valence-corrected chi connectivity index (χ1v) is 16.9. The van der Waals surface area contributed by atoms with E-state index < -0.39 is 0 Å². The average molecular weight is 583 g/mol. The van der Waals surface area contributed by atoms with Gasteiger partial charge in [0.15, 0.2) is 23.0 Å². The van der Waals surface area contributed by atoms with Crippen molar-refractivity contribution in [3.63, 3.8) is 0 Å². The molecule has 5 heteroatoms. The van der Waals surface area contributed by atoms with Crippen molar-refractivity contribution in [2.45, 2.75) is 157 Å². The Balaban J connectivity index is 2.70. The predicted octanol–water partition coefficient (Wildman–Crippen LogP) is 10.7. The largest absolute Gasteiger partial charge is 0.487 e. The molecule has 2 rings (SSSR count). The van der Waals surface area contributed by atoms with Crippen LogP contribution in [0.3, 0.4) is 0 Å².